The van der Waals surface area contributed by atoms with Crippen LogP contribution in [0.25, 0.3) is 0 Å². The Morgan fingerprint density at radius 1 is 1.55 bits per heavy atom. The zero-order chi connectivity index (χ0) is 14.5. The van der Waals surface area contributed by atoms with Crippen molar-refractivity contribution in [3.8, 4) is 0 Å². The van der Waals surface area contributed by atoms with E-state index in [0.29, 0.717) is 17.3 Å². The van der Waals surface area contributed by atoms with Crippen LogP contribution in [0.1, 0.15) is 54.5 Å². The van der Waals surface area contributed by atoms with E-state index in [1.54, 1.807) is 6.20 Å². The largest absolute Gasteiger partial charge is 0.352 e. The number of piperidine rings is 1. The lowest BCUT2D eigenvalue weighted by Crippen LogP contribution is -2.38. The van der Waals surface area contributed by atoms with Gasteiger partial charge in [0.2, 0.25) is 0 Å². The van der Waals surface area contributed by atoms with Crippen LogP contribution < -0.4 is 10.6 Å². The Morgan fingerprint density at radius 3 is 3.00 bits per heavy atom. The van der Waals surface area contributed by atoms with Crippen molar-refractivity contribution >= 4 is 5.91 Å². The number of aryl methyl sites for hydroxylation is 1. The molecule has 5 heteroatoms. The van der Waals surface area contributed by atoms with Gasteiger partial charge in [0.1, 0.15) is 5.82 Å². The maximum atomic E-state index is 12.3. The molecule has 0 aliphatic carbocycles. The minimum atomic E-state index is -0.0562. The second-order valence-corrected chi connectivity index (χ2v) is 5.79. The van der Waals surface area contributed by atoms with Crippen molar-refractivity contribution in [3.63, 3.8) is 0 Å². The van der Waals surface area contributed by atoms with Crippen molar-refractivity contribution < 1.29 is 4.79 Å². The fourth-order valence-electron chi connectivity index (χ4n) is 2.53. The highest BCUT2D eigenvalue weighted by Crippen LogP contribution is 2.17. The van der Waals surface area contributed by atoms with E-state index in [1.807, 2.05) is 20.8 Å². The normalized spacial score (nSPS) is 19.1. The predicted molar refractivity (Wildman–Crippen MR) is 78.8 cm³/mol. The molecule has 20 heavy (non-hydrogen) atoms. The van der Waals surface area contributed by atoms with Crippen LogP contribution in [0, 0.1) is 12.8 Å². The number of hydrogen-bond donors (Lipinski definition) is 2. The minimum absolute atomic E-state index is 0.0562. The number of nitrogens with one attached hydrogen (secondary N) is 2. The van der Waals surface area contributed by atoms with Gasteiger partial charge in [-0.25, -0.2) is 9.97 Å². The standard InChI is InChI=1S/C15H24N4O/c1-10(2)14-13(9-17-11(3)19-14)15(20)18-8-12-5-4-6-16-7-12/h9-10,12,16H,4-8H2,1-3H3,(H,18,20). The Labute approximate surface area is 120 Å². The summed E-state index contributed by atoms with van der Waals surface area (Å²) in [5.74, 6) is 1.40. The molecule has 5 nitrogen and oxygen atoms in total. The zero-order valence-corrected chi connectivity index (χ0v) is 12.6. The lowest BCUT2D eigenvalue weighted by Gasteiger charge is -2.23. The van der Waals surface area contributed by atoms with Crippen molar-refractivity contribution in [2.75, 3.05) is 19.6 Å². The molecule has 1 fully saturated rings. The lowest BCUT2D eigenvalue weighted by atomic mass is 9.99. The van der Waals surface area contributed by atoms with Crippen molar-refractivity contribution in [2.24, 2.45) is 5.92 Å². The smallest absolute Gasteiger partial charge is 0.254 e. The van der Waals surface area contributed by atoms with Crippen LogP contribution in [0.5, 0.6) is 0 Å². The van der Waals surface area contributed by atoms with Crippen LogP contribution in [-0.2, 0) is 0 Å². The maximum Gasteiger partial charge on any atom is 0.254 e. The van der Waals surface area contributed by atoms with Crippen LogP contribution in [0.2, 0.25) is 0 Å². The first kappa shape index (κ1) is 14.9. The molecular formula is C15H24N4O. The van der Waals surface area contributed by atoms with E-state index in [-0.39, 0.29) is 11.8 Å². The highest BCUT2D eigenvalue weighted by atomic mass is 16.1. The van der Waals surface area contributed by atoms with E-state index in [9.17, 15) is 4.79 Å². The molecule has 1 saturated heterocycles. The molecule has 110 valence electrons. The van der Waals surface area contributed by atoms with Gasteiger partial charge in [-0.3, -0.25) is 4.79 Å². The van der Waals surface area contributed by atoms with Gasteiger partial charge in [0, 0.05) is 12.7 Å². The van der Waals surface area contributed by atoms with Crippen LogP contribution in [0.4, 0.5) is 0 Å². The third kappa shape index (κ3) is 3.76. The third-order valence-corrected chi connectivity index (χ3v) is 3.68. The molecule has 1 amide bonds. The van der Waals surface area contributed by atoms with Gasteiger partial charge in [-0.05, 0) is 44.7 Å². The maximum absolute atomic E-state index is 12.3. The van der Waals surface area contributed by atoms with E-state index in [1.165, 1.54) is 12.8 Å². The summed E-state index contributed by atoms with van der Waals surface area (Å²) in [6, 6.07) is 0. The van der Waals surface area contributed by atoms with E-state index in [4.69, 9.17) is 0 Å². The van der Waals surface area contributed by atoms with E-state index >= 15 is 0 Å². The average Bonchev–Trinajstić information content (AvgIpc) is 2.45. The van der Waals surface area contributed by atoms with Gasteiger partial charge in [-0.15, -0.1) is 0 Å². The van der Waals surface area contributed by atoms with Crippen molar-refractivity contribution in [1.29, 1.82) is 0 Å². The summed E-state index contributed by atoms with van der Waals surface area (Å²) in [7, 11) is 0. The van der Waals surface area contributed by atoms with Crippen molar-refractivity contribution in [3.05, 3.63) is 23.3 Å². The number of hydrogen-bond acceptors (Lipinski definition) is 4. The van der Waals surface area contributed by atoms with Crippen molar-refractivity contribution in [2.45, 2.75) is 39.5 Å². The number of rotatable bonds is 4. The highest BCUT2D eigenvalue weighted by molar-refractivity contribution is 5.95. The van der Waals surface area contributed by atoms with Gasteiger partial charge in [-0.1, -0.05) is 13.8 Å². The minimum Gasteiger partial charge on any atom is -0.352 e. The zero-order valence-electron chi connectivity index (χ0n) is 12.6. The van der Waals surface area contributed by atoms with Crippen molar-refractivity contribution in [1.82, 2.24) is 20.6 Å². The summed E-state index contributed by atoms with van der Waals surface area (Å²) in [5.41, 5.74) is 1.44. The first-order valence-corrected chi connectivity index (χ1v) is 7.40. The molecule has 0 saturated carbocycles. The Morgan fingerprint density at radius 2 is 2.35 bits per heavy atom. The summed E-state index contributed by atoms with van der Waals surface area (Å²) in [6.07, 6.45) is 4.01. The SMILES string of the molecule is Cc1ncc(C(=O)NCC2CCCNC2)c(C(C)C)n1. The fourth-order valence-corrected chi connectivity index (χ4v) is 2.53. The Hall–Kier alpha value is -1.49. The van der Waals surface area contributed by atoms with Gasteiger partial charge in [-0.2, -0.15) is 0 Å². The monoisotopic (exact) mass is 276 g/mol. The van der Waals surface area contributed by atoms with Gasteiger partial charge in [0.05, 0.1) is 11.3 Å². The number of aromatic nitrogens is 2. The Kier molecular flexibility index (Phi) is 5.06. The van der Waals surface area contributed by atoms with Crippen LogP contribution in [0.15, 0.2) is 6.20 Å². The quantitative estimate of drug-likeness (QED) is 0.877. The predicted octanol–water partition coefficient (Wildman–Crippen LogP) is 1.64. The summed E-state index contributed by atoms with van der Waals surface area (Å²) < 4.78 is 0. The first-order valence-electron chi connectivity index (χ1n) is 7.40. The molecule has 2 heterocycles. The molecule has 0 bridgehead atoms. The fraction of sp³-hybridized carbons (Fsp3) is 0.667. The van der Waals surface area contributed by atoms with Gasteiger partial charge in [0.25, 0.3) is 5.91 Å². The molecular weight excluding hydrogens is 252 g/mol. The van der Waals surface area contributed by atoms with E-state index in [0.717, 1.165) is 25.3 Å². The van der Waals surface area contributed by atoms with Gasteiger partial charge >= 0.3 is 0 Å². The summed E-state index contributed by atoms with van der Waals surface area (Å²) in [4.78, 5) is 20.9. The molecule has 1 aliphatic heterocycles. The molecule has 2 rings (SSSR count). The third-order valence-electron chi connectivity index (χ3n) is 3.68. The molecule has 0 radical (unpaired) electrons. The number of nitrogens with zero attached hydrogens (tertiary/aromatic N) is 2. The lowest BCUT2D eigenvalue weighted by molar-refractivity contribution is 0.0942. The number of amides is 1. The molecule has 1 atom stereocenters. The van der Waals surface area contributed by atoms with E-state index in [2.05, 4.69) is 20.6 Å². The summed E-state index contributed by atoms with van der Waals surface area (Å²) in [5, 5.41) is 6.38. The second kappa shape index (κ2) is 6.79. The Bertz CT molecular complexity index is 467. The first-order chi connectivity index (χ1) is 9.58. The molecule has 1 aromatic heterocycles. The second-order valence-electron chi connectivity index (χ2n) is 5.79. The van der Waals surface area contributed by atoms with Gasteiger partial charge in [0.15, 0.2) is 0 Å². The van der Waals surface area contributed by atoms with Gasteiger partial charge < -0.3 is 10.6 Å². The molecule has 0 aromatic carbocycles. The number of carbonyl (C=O) groups is 1. The van der Waals surface area contributed by atoms with E-state index < -0.39 is 0 Å². The van der Waals surface area contributed by atoms with Crippen LogP contribution in [-0.4, -0.2) is 35.5 Å². The summed E-state index contributed by atoms with van der Waals surface area (Å²) in [6.45, 7) is 8.74. The topological polar surface area (TPSA) is 66.9 Å². The highest BCUT2D eigenvalue weighted by Gasteiger charge is 2.18. The molecule has 1 aromatic rings. The molecule has 1 unspecified atom stereocenters. The van der Waals surface area contributed by atoms with Crippen LogP contribution >= 0.6 is 0 Å². The molecule has 2 N–H and O–H groups in total. The summed E-state index contributed by atoms with van der Waals surface area (Å²) >= 11 is 0. The molecule has 1 aliphatic rings. The molecule has 0 spiro atoms. The van der Waals surface area contributed by atoms with Crippen LogP contribution in [0.3, 0.4) is 0 Å². The number of carbonyl (C=O) groups excluding carboxylic acids is 1. The average molecular weight is 276 g/mol. The Balaban J connectivity index is 2.01.